The summed E-state index contributed by atoms with van der Waals surface area (Å²) in [5.41, 5.74) is 5.82. The fraction of sp³-hybridized carbons (Fsp3) is 0.273. The van der Waals surface area contributed by atoms with Crippen molar-refractivity contribution < 1.29 is 9.53 Å². The lowest BCUT2D eigenvalue weighted by atomic mass is 9.87. The Morgan fingerprint density at radius 2 is 2.00 bits per heavy atom. The van der Waals surface area contributed by atoms with Crippen molar-refractivity contribution in [2.75, 3.05) is 0 Å². The SMILES string of the molecule is Cn1nc(C(=O)N[C@H]2CCCc3ccccc32)c2c1-c1ccccc1OC2. The predicted octanol–water partition coefficient (Wildman–Crippen LogP) is 3.79. The molecule has 2 aliphatic rings. The first-order valence-corrected chi connectivity index (χ1v) is 9.39. The van der Waals surface area contributed by atoms with Crippen LogP contribution in [0.5, 0.6) is 5.75 Å². The van der Waals surface area contributed by atoms with E-state index in [2.05, 4.69) is 28.6 Å². The summed E-state index contributed by atoms with van der Waals surface area (Å²) in [5, 5.41) is 7.75. The topological polar surface area (TPSA) is 56.2 Å². The van der Waals surface area contributed by atoms with Gasteiger partial charge in [0, 0.05) is 18.2 Å². The highest BCUT2D eigenvalue weighted by atomic mass is 16.5. The molecular weight excluding hydrogens is 338 g/mol. The fourth-order valence-electron chi connectivity index (χ4n) is 4.29. The molecule has 1 atom stereocenters. The standard InChI is InChI=1S/C22H21N3O2/c1-25-21-16-10-4-5-12-19(16)27-13-17(21)20(24-25)22(26)23-18-11-6-8-14-7-2-3-9-15(14)18/h2-5,7,9-10,12,18H,6,8,11,13H2,1H3,(H,23,26)/t18-/m0/s1. The number of rotatable bonds is 2. The highest BCUT2D eigenvalue weighted by molar-refractivity contribution is 5.96. The van der Waals surface area contributed by atoms with Gasteiger partial charge in [0.15, 0.2) is 5.69 Å². The summed E-state index contributed by atoms with van der Waals surface area (Å²) in [5.74, 6) is 0.706. The van der Waals surface area contributed by atoms with Gasteiger partial charge in [-0.1, -0.05) is 36.4 Å². The number of para-hydroxylation sites is 1. The number of carbonyl (C=O) groups is 1. The zero-order valence-corrected chi connectivity index (χ0v) is 15.2. The first-order chi connectivity index (χ1) is 13.2. The van der Waals surface area contributed by atoms with E-state index in [1.54, 1.807) is 4.68 Å². The van der Waals surface area contributed by atoms with Crippen LogP contribution in [0, 0.1) is 0 Å². The zero-order valence-electron chi connectivity index (χ0n) is 15.2. The number of hydrogen-bond acceptors (Lipinski definition) is 3. The van der Waals surface area contributed by atoms with Crippen LogP contribution in [0.2, 0.25) is 0 Å². The van der Waals surface area contributed by atoms with Gasteiger partial charge in [-0.3, -0.25) is 9.48 Å². The number of carbonyl (C=O) groups excluding carboxylic acids is 1. The lowest BCUT2D eigenvalue weighted by Crippen LogP contribution is -2.32. The molecule has 0 unspecified atom stereocenters. The molecule has 1 N–H and O–H groups in total. The lowest BCUT2D eigenvalue weighted by Gasteiger charge is -2.26. The normalized spacial score (nSPS) is 17.3. The summed E-state index contributed by atoms with van der Waals surface area (Å²) >= 11 is 0. The summed E-state index contributed by atoms with van der Waals surface area (Å²) in [6, 6.07) is 16.3. The van der Waals surface area contributed by atoms with E-state index in [4.69, 9.17) is 4.74 Å². The molecule has 0 bridgehead atoms. The molecule has 1 aromatic heterocycles. The second-order valence-corrected chi connectivity index (χ2v) is 7.20. The molecule has 2 aromatic carbocycles. The second-order valence-electron chi connectivity index (χ2n) is 7.20. The molecule has 27 heavy (non-hydrogen) atoms. The number of benzene rings is 2. The Balaban J connectivity index is 1.48. The van der Waals surface area contributed by atoms with E-state index >= 15 is 0 Å². The first kappa shape index (κ1) is 16.1. The number of ether oxygens (including phenoxy) is 1. The van der Waals surface area contributed by atoms with Crippen molar-refractivity contribution in [1.29, 1.82) is 0 Å². The Bertz CT molecular complexity index is 1040. The van der Waals surface area contributed by atoms with Crippen LogP contribution < -0.4 is 10.1 Å². The summed E-state index contributed by atoms with van der Waals surface area (Å²) in [7, 11) is 1.88. The third-order valence-corrected chi connectivity index (χ3v) is 5.55. The molecule has 0 radical (unpaired) electrons. The van der Waals surface area contributed by atoms with Crippen molar-refractivity contribution in [3.63, 3.8) is 0 Å². The third kappa shape index (κ3) is 2.62. The average molecular weight is 359 g/mol. The van der Waals surface area contributed by atoms with Crippen LogP contribution in [0.25, 0.3) is 11.3 Å². The number of aryl methyl sites for hydroxylation is 2. The Kier molecular flexibility index (Phi) is 3.74. The van der Waals surface area contributed by atoms with Crippen LogP contribution in [0.4, 0.5) is 0 Å². The lowest BCUT2D eigenvalue weighted by molar-refractivity contribution is 0.0924. The van der Waals surface area contributed by atoms with Gasteiger partial charge in [-0.25, -0.2) is 0 Å². The summed E-state index contributed by atoms with van der Waals surface area (Å²) in [4.78, 5) is 13.1. The van der Waals surface area contributed by atoms with E-state index in [1.807, 2.05) is 37.4 Å². The van der Waals surface area contributed by atoms with Crippen LogP contribution in [0.15, 0.2) is 48.5 Å². The molecule has 1 amide bonds. The van der Waals surface area contributed by atoms with Crippen molar-refractivity contribution >= 4 is 5.91 Å². The fourth-order valence-corrected chi connectivity index (χ4v) is 4.29. The molecule has 3 aromatic rings. The monoisotopic (exact) mass is 359 g/mol. The van der Waals surface area contributed by atoms with Crippen LogP contribution >= 0.6 is 0 Å². The average Bonchev–Trinajstić information content (AvgIpc) is 3.05. The Morgan fingerprint density at radius 1 is 1.19 bits per heavy atom. The maximum absolute atomic E-state index is 13.1. The van der Waals surface area contributed by atoms with Crippen molar-refractivity contribution in [3.8, 4) is 17.0 Å². The molecule has 5 heteroatoms. The molecule has 5 rings (SSSR count). The van der Waals surface area contributed by atoms with Gasteiger partial charge in [0.05, 0.1) is 11.7 Å². The van der Waals surface area contributed by atoms with Gasteiger partial charge in [-0.05, 0) is 42.5 Å². The molecule has 1 aliphatic heterocycles. The summed E-state index contributed by atoms with van der Waals surface area (Å²) in [6.45, 7) is 0.365. The minimum atomic E-state index is -0.128. The van der Waals surface area contributed by atoms with Crippen LogP contribution in [0.3, 0.4) is 0 Å². The molecule has 1 aliphatic carbocycles. The van der Waals surface area contributed by atoms with Crippen LogP contribution in [-0.4, -0.2) is 15.7 Å². The van der Waals surface area contributed by atoms with Gasteiger partial charge >= 0.3 is 0 Å². The van der Waals surface area contributed by atoms with Crippen molar-refractivity contribution in [2.24, 2.45) is 7.05 Å². The van der Waals surface area contributed by atoms with Crippen molar-refractivity contribution in [1.82, 2.24) is 15.1 Å². The van der Waals surface area contributed by atoms with Gasteiger partial charge in [0.25, 0.3) is 5.91 Å². The number of aromatic nitrogens is 2. The van der Waals surface area contributed by atoms with Gasteiger partial charge in [0.1, 0.15) is 12.4 Å². The minimum Gasteiger partial charge on any atom is -0.488 e. The number of amides is 1. The van der Waals surface area contributed by atoms with Gasteiger partial charge < -0.3 is 10.1 Å². The largest absolute Gasteiger partial charge is 0.488 e. The number of hydrogen-bond donors (Lipinski definition) is 1. The maximum Gasteiger partial charge on any atom is 0.272 e. The third-order valence-electron chi connectivity index (χ3n) is 5.55. The van der Waals surface area contributed by atoms with Gasteiger partial charge in [-0.2, -0.15) is 5.10 Å². The van der Waals surface area contributed by atoms with Crippen LogP contribution in [-0.2, 0) is 20.1 Å². The highest BCUT2D eigenvalue weighted by Crippen LogP contribution is 2.38. The zero-order chi connectivity index (χ0) is 18.4. The summed E-state index contributed by atoms with van der Waals surface area (Å²) in [6.07, 6.45) is 3.11. The van der Waals surface area contributed by atoms with Crippen molar-refractivity contribution in [3.05, 3.63) is 70.9 Å². The maximum atomic E-state index is 13.1. The predicted molar refractivity (Wildman–Crippen MR) is 103 cm³/mol. The molecule has 0 saturated carbocycles. The molecular formula is C22H21N3O2. The Hall–Kier alpha value is -3.08. The van der Waals surface area contributed by atoms with E-state index < -0.39 is 0 Å². The molecule has 5 nitrogen and oxygen atoms in total. The van der Waals surface area contributed by atoms with E-state index in [9.17, 15) is 4.79 Å². The smallest absolute Gasteiger partial charge is 0.272 e. The van der Waals surface area contributed by atoms with Gasteiger partial charge in [0.2, 0.25) is 0 Å². The first-order valence-electron chi connectivity index (χ1n) is 9.39. The van der Waals surface area contributed by atoms with Crippen LogP contribution in [0.1, 0.15) is 46.1 Å². The van der Waals surface area contributed by atoms with E-state index in [1.165, 1.54) is 11.1 Å². The molecule has 2 heterocycles. The van der Waals surface area contributed by atoms with Crippen molar-refractivity contribution in [2.45, 2.75) is 31.9 Å². The molecule has 136 valence electrons. The number of nitrogens with one attached hydrogen (secondary N) is 1. The van der Waals surface area contributed by atoms with Gasteiger partial charge in [-0.15, -0.1) is 0 Å². The second kappa shape index (κ2) is 6.27. The highest BCUT2D eigenvalue weighted by Gasteiger charge is 2.30. The Labute approximate surface area is 158 Å². The summed E-state index contributed by atoms with van der Waals surface area (Å²) < 4.78 is 7.66. The molecule has 0 saturated heterocycles. The Morgan fingerprint density at radius 3 is 2.93 bits per heavy atom. The number of nitrogens with zero attached hydrogens (tertiary/aromatic N) is 2. The number of fused-ring (bicyclic) bond motifs is 4. The minimum absolute atomic E-state index is 0.0388. The van der Waals surface area contributed by atoms with E-state index in [0.717, 1.165) is 41.8 Å². The van der Waals surface area contributed by atoms with E-state index in [-0.39, 0.29) is 11.9 Å². The van der Waals surface area contributed by atoms with E-state index in [0.29, 0.717) is 12.3 Å². The quantitative estimate of drug-likeness (QED) is 0.757. The molecule has 0 spiro atoms. The molecule has 0 fully saturated rings.